The minimum atomic E-state index is -1.16. The number of carbonyl (C=O) groups is 1. The first kappa shape index (κ1) is 28.1. The summed E-state index contributed by atoms with van der Waals surface area (Å²) >= 11 is 0. The number of nitrogens with one attached hydrogen (secondary N) is 2. The number of nitrogens with zero attached hydrogens (tertiary/aromatic N) is 5. The molecule has 3 heterocycles. The number of aromatic carboxylic acids is 1. The molecule has 0 unspecified atom stereocenters. The Labute approximate surface area is 232 Å². The normalized spacial score (nSPS) is 10.7. The maximum Gasteiger partial charge on any atom is 0.341 e. The number of anilines is 3. The van der Waals surface area contributed by atoms with E-state index in [1.165, 1.54) is 13.3 Å². The van der Waals surface area contributed by atoms with Crippen molar-refractivity contribution in [3.8, 4) is 17.2 Å². The van der Waals surface area contributed by atoms with Crippen LogP contribution in [0.1, 0.15) is 48.1 Å². The molecule has 2 aromatic carbocycles. The second-order valence-corrected chi connectivity index (χ2v) is 8.58. The lowest BCUT2D eigenvalue weighted by Gasteiger charge is -2.15. The summed E-state index contributed by atoms with van der Waals surface area (Å²) in [5, 5.41) is 20.6. The van der Waals surface area contributed by atoms with E-state index in [1.807, 2.05) is 69.6 Å². The predicted molar refractivity (Wildman–Crippen MR) is 154 cm³/mol. The zero-order chi connectivity index (χ0) is 28.8. The van der Waals surface area contributed by atoms with E-state index in [1.54, 1.807) is 12.1 Å². The van der Waals surface area contributed by atoms with Gasteiger partial charge in [0.25, 0.3) is 0 Å². The number of aryl methyl sites for hydroxylation is 2. The summed E-state index contributed by atoms with van der Waals surface area (Å²) in [6, 6.07) is 12.8. The maximum absolute atomic E-state index is 12.0. The van der Waals surface area contributed by atoms with E-state index in [0.717, 1.165) is 29.0 Å². The number of methoxy groups -OCH3 is 1. The van der Waals surface area contributed by atoms with Gasteiger partial charge in [0.2, 0.25) is 11.8 Å². The van der Waals surface area contributed by atoms with Gasteiger partial charge in [-0.1, -0.05) is 32.0 Å². The molecule has 0 atom stereocenters. The molecule has 0 radical (unpaired) electrons. The van der Waals surface area contributed by atoms with Crippen LogP contribution in [-0.4, -0.2) is 42.9 Å². The van der Waals surface area contributed by atoms with E-state index in [2.05, 4.69) is 30.7 Å². The van der Waals surface area contributed by atoms with Gasteiger partial charge in [0.15, 0.2) is 17.2 Å². The number of aromatic nitrogens is 5. The quantitative estimate of drug-likeness (QED) is 0.197. The number of hydrogen-bond donors (Lipinski definition) is 3. The number of para-hydroxylation sites is 3. The van der Waals surface area contributed by atoms with Crippen molar-refractivity contribution < 1.29 is 19.1 Å². The number of oxazole rings is 1. The monoisotopic (exact) mass is 543 g/mol. The van der Waals surface area contributed by atoms with Crippen LogP contribution in [0.4, 0.5) is 17.5 Å². The molecular weight excluding hydrogens is 510 g/mol. The van der Waals surface area contributed by atoms with Crippen molar-refractivity contribution in [2.24, 2.45) is 0 Å². The van der Waals surface area contributed by atoms with Gasteiger partial charge in [0, 0.05) is 30.5 Å². The summed E-state index contributed by atoms with van der Waals surface area (Å²) in [6.07, 6.45) is 1.27. The first-order valence-corrected chi connectivity index (χ1v) is 13.1. The fraction of sp³-hybridized carbons (Fsp3) is 0.276. The molecule has 40 heavy (non-hydrogen) atoms. The molecule has 0 saturated carbocycles. The number of carboxylic acids is 1. The van der Waals surface area contributed by atoms with Gasteiger partial charge in [0.05, 0.1) is 24.1 Å². The summed E-state index contributed by atoms with van der Waals surface area (Å²) in [5.41, 5.74) is 5.40. The number of fused-ring (bicyclic) bond motifs is 1. The zero-order valence-corrected chi connectivity index (χ0v) is 23.4. The molecule has 3 N–H and O–H groups in total. The molecule has 0 fully saturated rings. The third kappa shape index (κ3) is 5.58. The van der Waals surface area contributed by atoms with Crippen LogP contribution in [0, 0.1) is 13.8 Å². The van der Waals surface area contributed by atoms with E-state index >= 15 is 0 Å². The third-order valence-electron chi connectivity index (χ3n) is 6.27. The van der Waals surface area contributed by atoms with Crippen LogP contribution in [0.2, 0.25) is 0 Å². The Balaban J connectivity index is 0.00000181. The van der Waals surface area contributed by atoms with Crippen molar-refractivity contribution in [2.45, 2.75) is 47.7 Å². The van der Waals surface area contributed by atoms with Crippen molar-refractivity contribution >= 4 is 34.5 Å². The van der Waals surface area contributed by atoms with Gasteiger partial charge in [-0.2, -0.15) is 10.1 Å². The van der Waals surface area contributed by atoms with Crippen molar-refractivity contribution in [3.05, 3.63) is 71.2 Å². The summed E-state index contributed by atoms with van der Waals surface area (Å²) in [7, 11) is 1.53. The largest absolute Gasteiger partial charge is 0.494 e. The molecule has 11 nitrogen and oxygen atoms in total. The molecule has 0 bridgehead atoms. The summed E-state index contributed by atoms with van der Waals surface area (Å²) in [6.45, 7) is 11.2. The lowest BCUT2D eigenvalue weighted by Crippen LogP contribution is -2.11. The van der Waals surface area contributed by atoms with Crippen LogP contribution in [0.5, 0.6) is 5.75 Å². The molecule has 11 heteroatoms. The Morgan fingerprint density at radius 1 is 1.10 bits per heavy atom. The van der Waals surface area contributed by atoms with E-state index in [9.17, 15) is 9.90 Å². The molecule has 3 aromatic heterocycles. The molecule has 5 aromatic rings. The Morgan fingerprint density at radius 3 is 2.55 bits per heavy atom. The standard InChI is InChI=1S/C27H27N7O4.C2H6/c1-5-34-16(3)18(15(2)33-34)13-28-27-29-14-19(26(35)36)24(32-27)30-21-11-8-9-17(23(21)37-4)25-31-20-10-6-7-12-22(20)38-25;1-2/h6-12,14H,5,13H2,1-4H3,(H,35,36)(H2,28,29,30,32);1-2H3. The zero-order valence-electron chi connectivity index (χ0n) is 23.4. The molecule has 5 rings (SSSR count). The molecular formula is C29H33N7O4. The highest BCUT2D eigenvalue weighted by atomic mass is 16.5. The highest BCUT2D eigenvalue weighted by Gasteiger charge is 2.20. The van der Waals surface area contributed by atoms with Crippen LogP contribution in [-0.2, 0) is 13.1 Å². The molecule has 0 saturated heterocycles. The summed E-state index contributed by atoms with van der Waals surface area (Å²) < 4.78 is 13.6. The predicted octanol–water partition coefficient (Wildman–Crippen LogP) is 6.21. The molecule has 0 aliphatic carbocycles. The first-order valence-electron chi connectivity index (χ1n) is 13.1. The summed E-state index contributed by atoms with van der Waals surface area (Å²) in [4.78, 5) is 25.2. The average Bonchev–Trinajstić information content (AvgIpc) is 3.52. The van der Waals surface area contributed by atoms with E-state index in [-0.39, 0.29) is 17.3 Å². The van der Waals surface area contributed by atoms with E-state index in [0.29, 0.717) is 35.0 Å². The smallest absolute Gasteiger partial charge is 0.341 e. The van der Waals surface area contributed by atoms with Crippen molar-refractivity contribution in [3.63, 3.8) is 0 Å². The fourth-order valence-electron chi connectivity index (χ4n) is 4.32. The second-order valence-electron chi connectivity index (χ2n) is 8.58. The lowest BCUT2D eigenvalue weighted by molar-refractivity contribution is 0.0697. The minimum absolute atomic E-state index is 0.0870. The van der Waals surface area contributed by atoms with Gasteiger partial charge < -0.3 is 24.9 Å². The topological polar surface area (TPSA) is 140 Å². The third-order valence-corrected chi connectivity index (χ3v) is 6.27. The summed E-state index contributed by atoms with van der Waals surface area (Å²) in [5.74, 6) is 0.0367. The van der Waals surface area contributed by atoms with Gasteiger partial charge in [0.1, 0.15) is 11.1 Å². The molecule has 0 aliphatic heterocycles. The molecule has 208 valence electrons. The Morgan fingerprint density at radius 2 is 1.88 bits per heavy atom. The second kappa shape index (κ2) is 12.3. The van der Waals surface area contributed by atoms with Crippen LogP contribution in [0.15, 0.2) is 53.1 Å². The minimum Gasteiger partial charge on any atom is -0.494 e. The Bertz CT molecular complexity index is 1610. The molecule has 0 amide bonds. The van der Waals surface area contributed by atoms with Gasteiger partial charge in [-0.25, -0.2) is 14.8 Å². The number of rotatable bonds is 9. The number of hydrogen-bond acceptors (Lipinski definition) is 9. The van der Waals surface area contributed by atoms with Gasteiger partial charge in [-0.05, 0) is 45.0 Å². The molecule has 0 spiro atoms. The highest BCUT2D eigenvalue weighted by molar-refractivity contribution is 5.94. The molecule has 0 aliphatic rings. The first-order chi connectivity index (χ1) is 19.4. The lowest BCUT2D eigenvalue weighted by atomic mass is 10.1. The Hall–Kier alpha value is -4.93. The average molecular weight is 544 g/mol. The number of ether oxygens (including phenoxy) is 1. The van der Waals surface area contributed by atoms with Gasteiger partial charge >= 0.3 is 5.97 Å². The van der Waals surface area contributed by atoms with Crippen molar-refractivity contribution in [1.82, 2.24) is 24.7 Å². The van der Waals surface area contributed by atoms with Crippen LogP contribution >= 0.6 is 0 Å². The maximum atomic E-state index is 12.0. The van der Waals surface area contributed by atoms with E-state index < -0.39 is 5.97 Å². The van der Waals surface area contributed by atoms with Crippen LogP contribution in [0.25, 0.3) is 22.6 Å². The SMILES string of the molecule is CC.CCn1nc(C)c(CNc2ncc(C(=O)O)c(Nc3cccc(-c4nc5ccccc5o4)c3OC)n2)c1C. The van der Waals surface area contributed by atoms with Gasteiger partial charge in [-0.3, -0.25) is 4.68 Å². The fourth-order valence-corrected chi connectivity index (χ4v) is 4.32. The van der Waals surface area contributed by atoms with E-state index in [4.69, 9.17) is 9.15 Å². The Kier molecular flexibility index (Phi) is 8.63. The number of carboxylic acid groups (broad SMARTS) is 1. The van der Waals surface area contributed by atoms with Crippen LogP contribution in [0.3, 0.4) is 0 Å². The van der Waals surface area contributed by atoms with Crippen molar-refractivity contribution in [2.75, 3.05) is 17.7 Å². The van der Waals surface area contributed by atoms with Gasteiger partial charge in [-0.15, -0.1) is 0 Å². The van der Waals surface area contributed by atoms with Crippen LogP contribution < -0.4 is 15.4 Å². The highest BCUT2D eigenvalue weighted by Crippen LogP contribution is 2.38. The van der Waals surface area contributed by atoms with Crippen molar-refractivity contribution in [1.29, 1.82) is 0 Å². The number of benzene rings is 2.